The van der Waals surface area contributed by atoms with Gasteiger partial charge in [0, 0.05) is 0 Å². The second-order valence-corrected chi connectivity index (χ2v) is 16.0. The van der Waals surface area contributed by atoms with Crippen LogP contribution < -0.4 is 0 Å². The minimum atomic E-state index is -0.504. The third-order valence-corrected chi connectivity index (χ3v) is 11.3. The lowest BCUT2D eigenvalue weighted by molar-refractivity contribution is -0.133. The van der Waals surface area contributed by atoms with Crippen LogP contribution in [0, 0.1) is 5.41 Å². The van der Waals surface area contributed by atoms with Crippen molar-refractivity contribution in [2.24, 2.45) is 5.41 Å². The molecule has 0 unspecified atom stereocenters. The van der Waals surface area contributed by atoms with E-state index in [1.54, 1.807) is 0 Å². The van der Waals surface area contributed by atoms with Crippen molar-refractivity contribution in [3.8, 4) is 0 Å². The van der Waals surface area contributed by atoms with Crippen molar-refractivity contribution in [3.63, 3.8) is 0 Å². The molecule has 2 nitrogen and oxygen atoms in total. The minimum Gasteiger partial charge on any atom is -0.418 e. The van der Waals surface area contributed by atoms with Crippen LogP contribution >= 0.6 is 12.2 Å². The Hall–Kier alpha value is -0.960. The Kier molecular flexibility index (Phi) is 33.3. The molecule has 1 fully saturated rings. The molecule has 49 heavy (non-hydrogen) atoms. The van der Waals surface area contributed by atoms with Crippen molar-refractivity contribution >= 4 is 23.2 Å². The summed E-state index contributed by atoms with van der Waals surface area (Å²) in [5.41, 5.74) is -0.504. The molecule has 0 bridgehead atoms. The van der Waals surface area contributed by atoms with Gasteiger partial charge in [-0.05, 0) is 37.9 Å². The summed E-state index contributed by atoms with van der Waals surface area (Å²) >= 11 is 5.53. The molecule has 0 atom stereocenters. The van der Waals surface area contributed by atoms with E-state index < -0.39 is 5.41 Å². The summed E-state index contributed by atoms with van der Waals surface area (Å²) in [6.45, 7) is 4.59. The number of allylic oxidation sites excluding steroid dienone is 2. The van der Waals surface area contributed by atoms with E-state index in [-0.39, 0.29) is 5.97 Å². The van der Waals surface area contributed by atoms with Crippen LogP contribution in [-0.2, 0) is 9.53 Å². The number of unbranched alkanes of at least 4 members (excludes halogenated alkanes) is 34. The predicted molar refractivity (Wildman–Crippen MR) is 222 cm³/mol. The van der Waals surface area contributed by atoms with E-state index >= 15 is 0 Å². The van der Waals surface area contributed by atoms with Gasteiger partial charge in [0.05, 0.1) is 11.8 Å². The smallest absolute Gasteiger partial charge is 0.313 e. The zero-order valence-electron chi connectivity index (χ0n) is 33.2. The molecule has 1 heterocycles. The summed E-state index contributed by atoms with van der Waals surface area (Å²) in [4.78, 5) is 12.1. The summed E-state index contributed by atoms with van der Waals surface area (Å²) in [5.74, 6) is -0.185. The van der Waals surface area contributed by atoms with E-state index in [2.05, 4.69) is 38.2 Å². The molecule has 0 radical (unpaired) electrons. The molecule has 0 aromatic heterocycles. The monoisotopic (exact) mass is 701 g/mol. The van der Waals surface area contributed by atoms with Crippen LogP contribution in [0.15, 0.2) is 24.3 Å². The highest BCUT2D eigenvalue weighted by atomic mass is 32.1. The van der Waals surface area contributed by atoms with Crippen molar-refractivity contribution in [1.82, 2.24) is 0 Å². The summed E-state index contributed by atoms with van der Waals surface area (Å²) in [7, 11) is 0. The first-order chi connectivity index (χ1) is 24.1. The molecule has 3 heteroatoms. The largest absolute Gasteiger partial charge is 0.418 e. The number of carbonyl (C=O) groups excluding carboxylic acids is 1. The highest BCUT2D eigenvalue weighted by Gasteiger charge is 2.41. The highest BCUT2D eigenvalue weighted by Crippen LogP contribution is 2.36. The van der Waals surface area contributed by atoms with Gasteiger partial charge < -0.3 is 4.74 Å². The Morgan fingerprint density at radius 1 is 0.449 bits per heavy atom. The van der Waals surface area contributed by atoms with Gasteiger partial charge >= 0.3 is 5.97 Å². The predicted octanol–water partition coefficient (Wildman–Crippen LogP) is 16.4. The zero-order valence-corrected chi connectivity index (χ0v) is 34.0. The average molecular weight is 701 g/mol. The molecular formula is C46H84O2S. The summed E-state index contributed by atoms with van der Waals surface area (Å²) in [6, 6.07) is 0. The standard InChI is InChI=1S/C46H84O2S/c1-3-5-7-9-11-13-15-17-19-21-23-25-27-29-31-33-35-37-39-41-46(43-44(47)48-45(46)49)42-40-38-36-34-32-30-28-26-24-22-20-18-16-14-12-10-8-6-4-2/h39-42H,3-38,43H2,1-2H3. The van der Waals surface area contributed by atoms with Gasteiger partial charge in [-0.3, -0.25) is 4.79 Å². The van der Waals surface area contributed by atoms with Gasteiger partial charge in [0.1, 0.15) is 0 Å². The summed E-state index contributed by atoms with van der Waals surface area (Å²) in [6.07, 6.45) is 58.9. The molecule has 0 aliphatic carbocycles. The lowest BCUT2D eigenvalue weighted by Gasteiger charge is -2.17. The lowest BCUT2D eigenvalue weighted by atomic mass is 9.85. The van der Waals surface area contributed by atoms with Crippen molar-refractivity contribution in [2.45, 2.75) is 251 Å². The highest BCUT2D eigenvalue weighted by molar-refractivity contribution is 7.80. The summed E-state index contributed by atoms with van der Waals surface area (Å²) in [5, 5.41) is 0.440. The number of carbonyl (C=O) groups is 1. The van der Waals surface area contributed by atoms with Gasteiger partial charge in [-0.2, -0.15) is 0 Å². The van der Waals surface area contributed by atoms with Crippen LogP contribution in [0.3, 0.4) is 0 Å². The lowest BCUT2D eigenvalue weighted by Crippen LogP contribution is -2.19. The first-order valence-electron chi connectivity index (χ1n) is 22.2. The second-order valence-electron chi connectivity index (χ2n) is 15.7. The number of thiocarbonyl (C=S) groups is 1. The Labute approximate surface area is 312 Å². The van der Waals surface area contributed by atoms with Crippen molar-refractivity contribution in [2.75, 3.05) is 0 Å². The Morgan fingerprint density at radius 2 is 0.694 bits per heavy atom. The van der Waals surface area contributed by atoms with Crippen LogP contribution in [-0.4, -0.2) is 11.0 Å². The third kappa shape index (κ3) is 28.3. The number of cyclic esters (lactones) is 1. The van der Waals surface area contributed by atoms with E-state index in [1.807, 2.05) is 0 Å². The fourth-order valence-corrected chi connectivity index (χ4v) is 7.72. The van der Waals surface area contributed by atoms with E-state index in [0.29, 0.717) is 11.5 Å². The maximum atomic E-state index is 12.1. The Balaban J connectivity index is 2.00. The minimum absolute atomic E-state index is 0.185. The Morgan fingerprint density at radius 3 is 0.918 bits per heavy atom. The van der Waals surface area contributed by atoms with Crippen molar-refractivity contribution in [1.29, 1.82) is 0 Å². The van der Waals surface area contributed by atoms with E-state index in [0.717, 1.165) is 12.8 Å². The molecular weight excluding hydrogens is 617 g/mol. The fourth-order valence-electron chi connectivity index (χ4n) is 7.42. The second kappa shape index (κ2) is 35.4. The maximum absolute atomic E-state index is 12.1. The molecule has 0 aromatic carbocycles. The van der Waals surface area contributed by atoms with E-state index in [1.165, 1.54) is 218 Å². The normalized spacial score (nSPS) is 16.5. The number of esters is 1. The Bertz CT molecular complexity index is 751. The molecule has 0 N–H and O–H groups in total. The van der Waals surface area contributed by atoms with Crippen LogP contribution in [0.2, 0.25) is 0 Å². The number of hydrogen-bond acceptors (Lipinski definition) is 3. The summed E-state index contributed by atoms with van der Waals surface area (Å²) < 4.78 is 5.35. The van der Waals surface area contributed by atoms with Crippen LogP contribution in [0.25, 0.3) is 0 Å². The van der Waals surface area contributed by atoms with Gasteiger partial charge in [0.25, 0.3) is 0 Å². The number of hydrogen-bond donors (Lipinski definition) is 0. The van der Waals surface area contributed by atoms with Crippen molar-refractivity contribution < 1.29 is 9.53 Å². The third-order valence-electron chi connectivity index (χ3n) is 10.8. The van der Waals surface area contributed by atoms with Crippen LogP contribution in [0.4, 0.5) is 0 Å². The molecule has 0 aromatic rings. The molecule has 0 amide bonds. The quantitative estimate of drug-likeness (QED) is 0.0278. The zero-order chi connectivity index (χ0) is 35.4. The van der Waals surface area contributed by atoms with Gasteiger partial charge in [-0.15, -0.1) is 0 Å². The molecule has 286 valence electrons. The van der Waals surface area contributed by atoms with Gasteiger partial charge in [0.15, 0.2) is 5.05 Å². The van der Waals surface area contributed by atoms with E-state index in [4.69, 9.17) is 17.0 Å². The first-order valence-corrected chi connectivity index (χ1v) is 22.7. The molecule has 1 aliphatic rings. The number of ether oxygens (including phenoxy) is 1. The average Bonchev–Trinajstić information content (AvgIpc) is 3.38. The molecule has 1 saturated heterocycles. The van der Waals surface area contributed by atoms with Gasteiger partial charge in [-0.1, -0.05) is 244 Å². The van der Waals surface area contributed by atoms with Gasteiger partial charge in [0.2, 0.25) is 0 Å². The number of rotatable bonds is 38. The molecule has 1 aliphatic heterocycles. The van der Waals surface area contributed by atoms with Gasteiger partial charge in [-0.25, -0.2) is 0 Å². The topological polar surface area (TPSA) is 26.3 Å². The molecule has 0 spiro atoms. The molecule has 1 rings (SSSR count). The SMILES string of the molecule is CCCCCCCCCCCCCCCCCCCC=CC1(C=CCCCCCCCCCCCCCCCCCCC)CC(=O)OC1=S. The van der Waals surface area contributed by atoms with Crippen LogP contribution in [0.5, 0.6) is 0 Å². The molecule has 0 saturated carbocycles. The van der Waals surface area contributed by atoms with Crippen molar-refractivity contribution in [3.05, 3.63) is 24.3 Å². The van der Waals surface area contributed by atoms with Crippen LogP contribution in [0.1, 0.15) is 251 Å². The fraction of sp³-hybridized carbons (Fsp3) is 0.870. The van der Waals surface area contributed by atoms with E-state index in [9.17, 15) is 4.79 Å². The first kappa shape index (κ1) is 46.1. The maximum Gasteiger partial charge on any atom is 0.313 e.